The zero-order valence-electron chi connectivity index (χ0n) is 14.9. The Labute approximate surface area is 151 Å². The molecule has 1 unspecified atom stereocenters. The highest BCUT2D eigenvalue weighted by atomic mass is 16.5. The average Bonchev–Trinajstić information content (AvgIpc) is 3.03. The summed E-state index contributed by atoms with van der Waals surface area (Å²) in [6.45, 7) is 4.70. The lowest BCUT2D eigenvalue weighted by molar-refractivity contribution is 0.430. The Bertz CT molecular complexity index is 985. The van der Waals surface area contributed by atoms with Gasteiger partial charge in [-0.1, -0.05) is 42.4 Å². The monoisotopic (exact) mass is 351 g/mol. The summed E-state index contributed by atoms with van der Waals surface area (Å²) in [4.78, 5) is 17.7. The van der Waals surface area contributed by atoms with Crippen molar-refractivity contribution in [2.45, 2.75) is 39.3 Å². The molecule has 134 valence electrons. The molecular weight excluding hydrogens is 330 g/mol. The van der Waals surface area contributed by atoms with E-state index >= 15 is 0 Å². The van der Waals surface area contributed by atoms with Crippen LogP contribution >= 0.6 is 0 Å². The van der Waals surface area contributed by atoms with Crippen molar-refractivity contribution >= 4 is 11.1 Å². The first-order valence-electron chi connectivity index (χ1n) is 8.66. The van der Waals surface area contributed by atoms with Crippen molar-refractivity contribution in [2.24, 2.45) is 0 Å². The molecule has 7 nitrogen and oxygen atoms in total. The molecule has 0 aliphatic rings. The summed E-state index contributed by atoms with van der Waals surface area (Å²) >= 11 is 0. The van der Waals surface area contributed by atoms with Crippen LogP contribution < -0.4 is 10.9 Å². The standard InChI is InChI=1S/C19H21N5O2/c1-3-15(21-11-7-10-20)17-22-18-16(13(2)23-26-18)19(25)24(17)12-14-8-5-4-6-9-14/h4-6,8-9,15,21H,3,7,11-12H2,1-2H3. The minimum atomic E-state index is -0.159. The molecule has 7 heteroatoms. The van der Waals surface area contributed by atoms with E-state index in [0.29, 0.717) is 36.4 Å². The number of hydrogen-bond acceptors (Lipinski definition) is 6. The van der Waals surface area contributed by atoms with E-state index in [0.717, 1.165) is 12.0 Å². The van der Waals surface area contributed by atoms with Gasteiger partial charge in [-0.3, -0.25) is 9.36 Å². The number of hydrogen-bond donors (Lipinski definition) is 1. The van der Waals surface area contributed by atoms with Crippen molar-refractivity contribution in [3.05, 3.63) is 57.8 Å². The van der Waals surface area contributed by atoms with Crippen molar-refractivity contribution in [2.75, 3.05) is 6.54 Å². The molecule has 2 aromatic heterocycles. The molecule has 0 fully saturated rings. The lowest BCUT2D eigenvalue weighted by Crippen LogP contribution is -2.32. The summed E-state index contributed by atoms with van der Waals surface area (Å²) in [5.74, 6) is 0.600. The lowest BCUT2D eigenvalue weighted by atomic mass is 10.1. The molecule has 26 heavy (non-hydrogen) atoms. The number of aryl methyl sites for hydroxylation is 1. The second-order valence-electron chi connectivity index (χ2n) is 6.12. The van der Waals surface area contributed by atoms with E-state index in [1.165, 1.54) is 0 Å². The van der Waals surface area contributed by atoms with E-state index < -0.39 is 0 Å². The molecule has 1 atom stereocenters. The molecule has 3 aromatic rings. The van der Waals surface area contributed by atoms with Crippen LogP contribution in [0.25, 0.3) is 11.1 Å². The van der Waals surface area contributed by atoms with Crippen LogP contribution in [0, 0.1) is 18.3 Å². The van der Waals surface area contributed by atoms with Crippen LogP contribution in [0.3, 0.4) is 0 Å². The third-order valence-electron chi connectivity index (χ3n) is 4.33. The van der Waals surface area contributed by atoms with Gasteiger partial charge in [-0.15, -0.1) is 0 Å². The third-order valence-corrected chi connectivity index (χ3v) is 4.33. The van der Waals surface area contributed by atoms with E-state index in [-0.39, 0.29) is 17.3 Å². The molecule has 0 radical (unpaired) electrons. The molecule has 0 saturated heterocycles. The molecule has 1 aromatic carbocycles. The number of nitrogens with one attached hydrogen (secondary N) is 1. The highest BCUT2D eigenvalue weighted by Crippen LogP contribution is 2.19. The molecule has 0 spiro atoms. The van der Waals surface area contributed by atoms with E-state index in [1.807, 2.05) is 37.3 Å². The van der Waals surface area contributed by atoms with Crippen LogP contribution in [0.15, 0.2) is 39.6 Å². The SMILES string of the molecule is CCC(NCCC#N)c1nc2onc(C)c2c(=O)n1Cc1ccccc1. The molecule has 2 heterocycles. The van der Waals surface area contributed by atoms with E-state index in [9.17, 15) is 4.79 Å². The van der Waals surface area contributed by atoms with Crippen molar-refractivity contribution in [3.63, 3.8) is 0 Å². The number of rotatable bonds is 7. The maximum absolute atomic E-state index is 13.1. The fourth-order valence-corrected chi connectivity index (χ4v) is 2.99. The van der Waals surface area contributed by atoms with E-state index in [4.69, 9.17) is 9.78 Å². The van der Waals surface area contributed by atoms with Crippen LogP contribution in [-0.4, -0.2) is 21.3 Å². The molecule has 1 N–H and O–H groups in total. The lowest BCUT2D eigenvalue weighted by Gasteiger charge is -2.20. The predicted molar refractivity (Wildman–Crippen MR) is 97.6 cm³/mol. The van der Waals surface area contributed by atoms with Gasteiger partial charge in [0.15, 0.2) is 0 Å². The van der Waals surface area contributed by atoms with Gasteiger partial charge in [-0.05, 0) is 18.9 Å². The summed E-state index contributed by atoms with van der Waals surface area (Å²) in [7, 11) is 0. The number of nitrogens with zero attached hydrogens (tertiary/aromatic N) is 4. The van der Waals surface area contributed by atoms with Gasteiger partial charge in [-0.25, -0.2) is 0 Å². The Hall–Kier alpha value is -2.98. The number of aromatic nitrogens is 3. The minimum absolute atomic E-state index is 0.158. The predicted octanol–water partition coefficient (Wildman–Crippen LogP) is 2.70. The summed E-state index contributed by atoms with van der Waals surface area (Å²) in [5.41, 5.74) is 1.65. The Balaban J connectivity index is 2.11. The fraction of sp³-hybridized carbons (Fsp3) is 0.368. The summed E-state index contributed by atoms with van der Waals surface area (Å²) in [6.07, 6.45) is 1.12. The molecule has 0 aliphatic carbocycles. The van der Waals surface area contributed by atoms with Crippen LogP contribution in [0.5, 0.6) is 0 Å². The first-order chi connectivity index (χ1) is 12.7. The second kappa shape index (κ2) is 7.93. The molecule has 0 bridgehead atoms. The number of benzene rings is 1. The maximum atomic E-state index is 13.1. The number of nitriles is 1. The van der Waals surface area contributed by atoms with Crippen LogP contribution in [-0.2, 0) is 6.54 Å². The first-order valence-corrected chi connectivity index (χ1v) is 8.66. The Morgan fingerprint density at radius 3 is 2.81 bits per heavy atom. The number of fused-ring (bicyclic) bond motifs is 1. The molecule has 0 aliphatic heterocycles. The Kier molecular flexibility index (Phi) is 5.44. The second-order valence-corrected chi connectivity index (χ2v) is 6.12. The third kappa shape index (κ3) is 3.51. The molecule has 3 rings (SSSR count). The van der Waals surface area contributed by atoms with Gasteiger partial charge in [0.1, 0.15) is 11.2 Å². The fourth-order valence-electron chi connectivity index (χ4n) is 2.99. The smallest absolute Gasteiger partial charge is 0.267 e. The van der Waals surface area contributed by atoms with Crippen LogP contribution in [0.1, 0.15) is 42.9 Å². The van der Waals surface area contributed by atoms with E-state index in [1.54, 1.807) is 11.5 Å². The van der Waals surface area contributed by atoms with Crippen molar-refractivity contribution in [1.82, 2.24) is 20.0 Å². The van der Waals surface area contributed by atoms with Crippen LogP contribution in [0.4, 0.5) is 0 Å². The summed E-state index contributed by atoms with van der Waals surface area (Å²) in [6, 6.07) is 11.7. The zero-order chi connectivity index (χ0) is 18.5. The first kappa shape index (κ1) is 17.8. The summed E-state index contributed by atoms with van der Waals surface area (Å²) < 4.78 is 6.92. The highest BCUT2D eigenvalue weighted by molar-refractivity contribution is 5.74. The Morgan fingerprint density at radius 2 is 2.12 bits per heavy atom. The Morgan fingerprint density at radius 1 is 1.35 bits per heavy atom. The van der Waals surface area contributed by atoms with Gasteiger partial charge in [0.05, 0.1) is 24.3 Å². The van der Waals surface area contributed by atoms with Gasteiger partial charge >= 0.3 is 0 Å². The average molecular weight is 351 g/mol. The van der Waals surface area contributed by atoms with Gasteiger partial charge in [0, 0.05) is 13.0 Å². The largest absolute Gasteiger partial charge is 0.335 e. The quantitative estimate of drug-likeness (QED) is 0.657. The highest BCUT2D eigenvalue weighted by Gasteiger charge is 2.22. The van der Waals surface area contributed by atoms with Crippen molar-refractivity contribution < 1.29 is 4.52 Å². The van der Waals surface area contributed by atoms with Gasteiger partial charge in [0.25, 0.3) is 11.3 Å². The van der Waals surface area contributed by atoms with Crippen molar-refractivity contribution in [1.29, 1.82) is 5.26 Å². The van der Waals surface area contributed by atoms with Gasteiger partial charge in [-0.2, -0.15) is 10.2 Å². The summed E-state index contributed by atoms with van der Waals surface area (Å²) in [5, 5.41) is 16.4. The molecular formula is C19H21N5O2. The maximum Gasteiger partial charge on any atom is 0.267 e. The van der Waals surface area contributed by atoms with Gasteiger partial charge < -0.3 is 9.84 Å². The zero-order valence-corrected chi connectivity index (χ0v) is 14.9. The van der Waals surface area contributed by atoms with Gasteiger partial charge in [0.2, 0.25) is 0 Å². The normalized spacial score (nSPS) is 12.2. The molecule has 0 saturated carbocycles. The topological polar surface area (TPSA) is 96.7 Å². The van der Waals surface area contributed by atoms with Crippen LogP contribution in [0.2, 0.25) is 0 Å². The van der Waals surface area contributed by atoms with Crippen molar-refractivity contribution in [3.8, 4) is 6.07 Å². The van der Waals surface area contributed by atoms with E-state index in [2.05, 4.69) is 21.5 Å². The minimum Gasteiger partial charge on any atom is -0.335 e. The molecule has 0 amide bonds.